The van der Waals surface area contributed by atoms with Crippen LogP contribution in [0.2, 0.25) is 0 Å². The lowest BCUT2D eigenvalue weighted by atomic mass is 9.96. The second-order valence-electron chi connectivity index (χ2n) is 4.57. The van der Waals surface area contributed by atoms with Crippen molar-refractivity contribution in [2.45, 2.75) is 31.3 Å². The Labute approximate surface area is 95.3 Å². The van der Waals surface area contributed by atoms with Gasteiger partial charge in [0.1, 0.15) is 0 Å². The Morgan fingerprint density at radius 1 is 1.25 bits per heavy atom. The molecule has 1 aliphatic heterocycles. The molecule has 1 aromatic carbocycles. The average molecular weight is 238 g/mol. The van der Waals surface area contributed by atoms with Crippen molar-refractivity contribution in [1.82, 2.24) is 0 Å². The Kier molecular flexibility index (Phi) is 2.26. The third-order valence-electron chi connectivity index (χ3n) is 2.79. The highest BCUT2D eigenvalue weighted by molar-refractivity contribution is 7.95. The minimum atomic E-state index is -3.27. The SMILES string of the molecule is CC1=Cc2cc(C(C)(C)O)ccc2S1(=O)=O. The van der Waals surface area contributed by atoms with E-state index in [1.54, 1.807) is 45.0 Å². The van der Waals surface area contributed by atoms with Gasteiger partial charge in [-0.15, -0.1) is 0 Å². The Morgan fingerprint density at radius 2 is 1.88 bits per heavy atom. The molecule has 0 saturated carbocycles. The fourth-order valence-corrected chi connectivity index (χ4v) is 3.06. The molecule has 0 amide bonds. The molecule has 86 valence electrons. The number of fused-ring (bicyclic) bond motifs is 1. The molecule has 0 radical (unpaired) electrons. The summed E-state index contributed by atoms with van der Waals surface area (Å²) in [4.78, 5) is 0.688. The molecule has 0 bridgehead atoms. The van der Waals surface area contributed by atoms with Gasteiger partial charge in [0.2, 0.25) is 9.84 Å². The average Bonchev–Trinajstić information content (AvgIpc) is 2.36. The van der Waals surface area contributed by atoms with Crippen LogP contribution in [0.3, 0.4) is 0 Å². The lowest BCUT2D eigenvalue weighted by Gasteiger charge is -2.18. The number of allylic oxidation sites excluding steroid dienone is 1. The van der Waals surface area contributed by atoms with Crippen molar-refractivity contribution in [1.29, 1.82) is 0 Å². The fourth-order valence-electron chi connectivity index (χ4n) is 1.76. The van der Waals surface area contributed by atoms with E-state index in [9.17, 15) is 13.5 Å². The van der Waals surface area contributed by atoms with E-state index in [2.05, 4.69) is 0 Å². The molecule has 0 spiro atoms. The highest BCUT2D eigenvalue weighted by Gasteiger charge is 2.28. The Balaban J connectivity index is 2.65. The van der Waals surface area contributed by atoms with Gasteiger partial charge in [0.25, 0.3) is 0 Å². The summed E-state index contributed by atoms with van der Waals surface area (Å²) in [5.74, 6) is 0. The third kappa shape index (κ3) is 1.58. The summed E-state index contributed by atoms with van der Waals surface area (Å²) in [7, 11) is -3.27. The summed E-state index contributed by atoms with van der Waals surface area (Å²) >= 11 is 0. The normalized spacial score (nSPS) is 18.1. The van der Waals surface area contributed by atoms with Gasteiger partial charge in [-0.3, -0.25) is 0 Å². The van der Waals surface area contributed by atoms with Crippen LogP contribution in [0, 0.1) is 0 Å². The standard InChI is InChI=1S/C12H14O3S/c1-8-6-9-7-10(12(2,3)13)4-5-11(9)16(8,14)15/h4-7,13H,1-3H3. The molecule has 1 aromatic rings. The molecule has 1 heterocycles. The van der Waals surface area contributed by atoms with Gasteiger partial charge in [-0.05, 0) is 50.1 Å². The van der Waals surface area contributed by atoms with E-state index >= 15 is 0 Å². The van der Waals surface area contributed by atoms with Crippen molar-refractivity contribution in [3.8, 4) is 0 Å². The van der Waals surface area contributed by atoms with Crippen molar-refractivity contribution < 1.29 is 13.5 Å². The smallest absolute Gasteiger partial charge is 0.203 e. The van der Waals surface area contributed by atoms with Crippen molar-refractivity contribution in [3.05, 3.63) is 34.2 Å². The van der Waals surface area contributed by atoms with Crippen molar-refractivity contribution in [3.63, 3.8) is 0 Å². The summed E-state index contributed by atoms with van der Waals surface area (Å²) in [5, 5.41) is 9.85. The van der Waals surface area contributed by atoms with E-state index in [0.717, 1.165) is 0 Å². The monoisotopic (exact) mass is 238 g/mol. The molecule has 0 aromatic heterocycles. The zero-order valence-corrected chi connectivity index (χ0v) is 10.3. The number of hydrogen-bond acceptors (Lipinski definition) is 3. The minimum absolute atomic E-state index is 0.331. The van der Waals surface area contributed by atoms with Gasteiger partial charge in [0, 0.05) is 4.91 Å². The molecule has 0 aliphatic carbocycles. The third-order valence-corrected chi connectivity index (χ3v) is 4.70. The van der Waals surface area contributed by atoms with E-state index in [4.69, 9.17) is 0 Å². The van der Waals surface area contributed by atoms with E-state index in [1.165, 1.54) is 0 Å². The number of hydrogen-bond donors (Lipinski definition) is 1. The van der Waals surface area contributed by atoms with Gasteiger partial charge in [-0.25, -0.2) is 8.42 Å². The topological polar surface area (TPSA) is 54.4 Å². The largest absolute Gasteiger partial charge is 0.386 e. The minimum Gasteiger partial charge on any atom is -0.386 e. The van der Waals surface area contributed by atoms with E-state index in [0.29, 0.717) is 20.9 Å². The maximum atomic E-state index is 11.8. The number of sulfone groups is 1. The molecular formula is C12H14O3S. The van der Waals surface area contributed by atoms with Crippen LogP contribution in [-0.4, -0.2) is 13.5 Å². The van der Waals surface area contributed by atoms with Crippen LogP contribution in [0.4, 0.5) is 0 Å². The summed E-state index contributed by atoms with van der Waals surface area (Å²) in [6, 6.07) is 4.94. The molecule has 0 unspecified atom stereocenters. The van der Waals surface area contributed by atoms with E-state index < -0.39 is 15.4 Å². The first kappa shape index (κ1) is 11.4. The Morgan fingerprint density at radius 3 is 2.44 bits per heavy atom. The van der Waals surface area contributed by atoms with Gasteiger partial charge in [-0.2, -0.15) is 0 Å². The predicted octanol–water partition coefficient (Wildman–Crippen LogP) is 2.06. The Bertz CT molecular complexity index is 575. The van der Waals surface area contributed by atoms with Crippen LogP contribution in [0.25, 0.3) is 6.08 Å². The lowest BCUT2D eigenvalue weighted by molar-refractivity contribution is 0.0785. The molecule has 4 heteroatoms. The van der Waals surface area contributed by atoms with Gasteiger partial charge in [-0.1, -0.05) is 6.07 Å². The van der Waals surface area contributed by atoms with Crippen molar-refractivity contribution in [2.24, 2.45) is 0 Å². The van der Waals surface area contributed by atoms with Gasteiger partial charge >= 0.3 is 0 Å². The maximum absolute atomic E-state index is 11.8. The summed E-state index contributed by atoms with van der Waals surface area (Å²) in [6.07, 6.45) is 1.64. The summed E-state index contributed by atoms with van der Waals surface area (Å²) in [6.45, 7) is 4.93. The van der Waals surface area contributed by atoms with Crippen LogP contribution >= 0.6 is 0 Å². The molecule has 1 N–H and O–H groups in total. The Hall–Kier alpha value is -1.13. The first-order valence-corrected chi connectivity index (χ1v) is 6.51. The number of benzene rings is 1. The molecule has 16 heavy (non-hydrogen) atoms. The summed E-state index contributed by atoms with van der Waals surface area (Å²) in [5.41, 5.74) is 0.424. The molecular weight excluding hydrogens is 224 g/mol. The molecule has 0 atom stereocenters. The molecule has 1 aliphatic rings. The molecule has 0 fully saturated rings. The first-order valence-electron chi connectivity index (χ1n) is 5.03. The van der Waals surface area contributed by atoms with Crippen molar-refractivity contribution in [2.75, 3.05) is 0 Å². The second kappa shape index (κ2) is 3.18. The van der Waals surface area contributed by atoms with Crippen molar-refractivity contribution >= 4 is 15.9 Å². The molecule has 2 rings (SSSR count). The van der Waals surface area contributed by atoms with E-state index in [1.807, 2.05) is 0 Å². The highest BCUT2D eigenvalue weighted by Crippen LogP contribution is 2.34. The zero-order valence-electron chi connectivity index (χ0n) is 9.48. The highest BCUT2D eigenvalue weighted by atomic mass is 32.2. The summed E-state index contributed by atoms with van der Waals surface area (Å²) < 4.78 is 23.6. The number of rotatable bonds is 1. The molecule has 0 saturated heterocycles. The second-order valence-corrected chi connectivity index (χ2v) is 6.66. The fraction of sp³-hybridized carbons (Fsp3) is 0.333. The predicted molar refractivity (Wildman–Crippen MR) is 62.5 cm³/mol. The quantitative estimate of drug-likeness (QED) is 0.814. The molecule has 3 nitrogen and oxygen atoms in total. The van der Waals surface area contributed by atoms with Gasteiger partial charge in [0.15, 0.2) is 0 Å². The van der Waals surface area contributed by atoms with Gasteiger partial charge in [0.05, 0.1) is 10.5 Å². The van der Waals surface area contributed by atoms with Crippen LogP contribution in [0.15, 0.2) is 28.0 Å². The zero-order chi connectivity index (χ0) is 12.1. The van der Waals surface area contributed by atoms with Crippen LogP contribution < -0.4 is 0 Å². The number of aliphatic hydroxyl groups is 1. The van der Waals surface area contributed by atoms with Gasteiger partial charge < -0.3 is 5.11 Å². The first-order chi connectivity index (χ1) is 7.23. The van der Waals surface area contributed by atoms with Crippen LogP contribution in [0.1, 0.15) is 31.9 Å². The van der Waals surface area contributed by atoms with Crippen LogP contribution in [0.5, 0.6) is 0 Å². The maximum Gasteiger partial charge on any atom is 0.203 e. The van der Waals surface area contributed by atoms with E-state index in [-0.39, 0.29) is 0 Å². The van der Waals surface area contributed by atoms with Crippen LogP contribution in [-0.2, 0) is 15.4 Å². The lowest BCUT2D eigenvalue weighted by Crippen LogP contribution is -2.15.